The third-order valence-electron chi connectivity index (χ3n) is 8.83. The van der Waals surface area contributed by atoms with Gasteiger partial charge < -0.3 is 19.7 Å². The molecule has 3 aromatic rings. The summed E-state index contributed by atoms with van der Waals surface area (Å²) < 4.78 is 11.1. The molecule has 1 amide bonds. The molecule has 1 N–H and O–H groups in total. The minimum absolute atomic E-state index is 0.0813. The predicted molar refractivity (Wildman–Crippen MR) is 152 cm³/mol. The Bertz CT molecular complexity index is 1650. The zero-order chi connectivity index (χ0) is 28.0. The van der Waals surface area contributed by atoms with Crippen LogP contribution in [0.25, 0.3) is 5.57 Å². The number of Topliss-reactive ketones (excluding diaryl/α,β-unsaturated/α-hetero) is 2. The molecule has 4 heterocycles. The van der Waals surface area contributed by atoms with Crippen molar-refractivity contribution in [3.8, 4) is 11.5 Å². The Morgan fingerprint density at radius 3 is 2.50 bits per heavy atom. The minimum Gasteiger partial charge on any atom is -0.454 e. The second-order valence-corrected chi connectivity index (χ2v) is 12.1. The van der Waals surface area contributed by atoms with Gasteiger partial charge in [0.1, 0.15) is 11.5 Å². The van der Waals surface area contributed by atoms with Crippen LogP contribution in [0.3, 0.4) is 0 Å². The highest BCUT2D eigenvalue weighted by Crippen LogP contribution is 2.59. The van der Waals surface area contributed by atoms with Gasteiger partial charge in [0.2, 0.25) is 12.7 Å². The lowest BCUT2D eigenvalue weighted by Gasteiger charge is -2.39. The second-order valence-electron chi connectivity index (χ2n) is 12.1. The maximum atomic E-state index is 14.9. The summed E-state index contributed by atoms with van der Waals surface area (Å²) in [6.07, 6.45) is 2.07. The van der Waals surface area contributed by atoms with E-state index in [1.165, 1.54) is 0 Å². The van der Waals surface area contributed by atoms with Crippen molar-refractivity contribution in [2.75, 3.05) is 17.0 Å². The summed E-state index contributed by atoms with van der Waals surface area (Å²) in [5.41, 5.74) is 2.54. The Morgan fingerprint density at radius 2 is 1.70 bits per heavy atom. The van der Waals surface area contributed by atoms with Gasteiger partial charge in [0.05, 0.1) is 12.0 Å². The van der Waals surface area contributed by atoms with E-state index in [2.05, 4.69) is 11.4 Å². The average Bonchev–Trinajstić information content (AvgIpc) is 3.61. The van der Waals surface area contributed by atoms with Crippen LogP contribution in [0.5, 0.6) is 11.5 Å². The number of ketones is 2. The smallest absolute Gasteiger partial charge is 0.238 e. The Morgan fingerprint density at radius 1 is 0.975 bits per heavy atom. The van der Waals surface area contributed by atoms with E-state index in [0.717, 1.165) is 22.4 Å². The summed E-state index contributed by atoms with van der Waals surface area (Å²) in [6.45, 7) is 7.72. The fraction of sp³-hybridized carbons (Fsp3) is 0.303. The maximum absolute atomic E-state index is 14.9. The normalized spacial score (nSPS) is 25.7. The van der Waals surface area contributed by atoms with E-state index in [1.54, 1.807) is 18.2 Å². The van der Waals surface area contributed by atoms with E-state index in [4.69, 9.17) is 9.47 Å². The molecule has 40 heavy (non-hydrogen) atoms. The first-order valence-corrected chi connectivity index (χ1v) is 13.6. The van der Waals surface area contributed by atoms with E-state index in [-0.39, 0.29) is 24.3 Å². The fourth-order valence-corrected chi connectivity index (χ4v) is 7.06. The number of rotatable bonds is 3. The van der Waals surface area contributed by atoms with Gasteiger partial charge in [-0.05, 0) is 48.4 Å². The number of nitrogens with one attached hydrogen (secondary N) is 1. The second kappa shape index (κ2) is 8.31. The van der Waals surface area contributed by atoms with Crippen molar-refractivity contribution in [3.63, 3.8) is 0 Å². The van der Waals surface area contributed by atoms with Crippen LogP contribution in [-0.4, -0.2) is 36.4 Å². The number of benzene rings is 3. The number of anilines is 2. The molecule has 1 saturated heterocycles. The lowest BCUT2D eigenvalue weighted by molar-refractivity contribution is -0.128. The van der Waals surface area contributed by atoms with Crippen LogP contribution in [0, 0.1) is 11.3 Å². The predicted octanol–water partition coefficient (Wildman–Crippen LogP) is 5.39. The zero-order valence-electron chi connectivity index (χ0n) is 22.9. The number of allylic oxidation sites excluding steroid dienone is 1. The summed E-state index contributed by atoms with van der Waals surface area (Å²) in [7, 11) is 0. The summed E-state index contributed by atoms with van der Waals surface area (Å²) >= 11 is 0. The maximum Gasteiger partial charge on any atom is 0.238 e. The van der Waals surface area contributed by atoms with Crippen LogP contribution in [0.4, 0.5) is 11.4 Å². The van der Waals surface area contributed by atoms with Crippen molar-refractivity contribution in [3.05, 3.63) is 89.5 Å². The first-order valence-electron chi connectivity index (χ1n) is 13.6. The molecule has 4 aliphatic rings. The highest BCUT2D eigenvalue weighted by Gasteiger charge is 2.71. The molecule has 7 heteroatoms. The number of para-hydroxylation sites is 2. The van der Waals surface area contributed by atoms with Gasteiger partial charge >= 0.3 is 0 Å². The van der Waals surface area contributed by atoms with E-state index in [9.17, 15) is 14.4 Å². The van der Waals surface area contributed by atoms with Crippen molar-refractivity contribution < 1.29 is 23.9 Å². The summed E-state index contributed by atoms with van der Waals surface area (Å²) in [4.78, 5) is 45.8. The van der Waals surface area contributed by atoms with Gasteiger partial charge in [-0.2, -0.15) is 0 Å². The molecular formula is C33H30N2O5. The molecule has 202 valence electrons. The van der Waals surface area contributed by atoms with Crippen LogP contribution in [0.15, 0.2) is 72.8 Å². The van der Waals surface area contributed by atoms with Gasteiger partial charge in [-0.25, -0.2) is 0 Å². The van der Waals surface area contributed by atoms with Crippen molar-refractivity contribution in [1.82, 2.24) is 0 Å². The zero-order valence-corrected chi connectivity index (χ0v) is 22.9. The molecule has 0 radical (unpaired) electrons. The molecule has 3 aromatic carbocycles. The third kappa shape index (κ3) is 3.14. The first-order chi connectivity index (χ1) is 19.1. The van der Waals surface area contributed by atoms with Crippen LogP contribution in [0.2, 0.25) is 0 Å². The summed E-state index contributed by atoms with van der Waals surface area (Å²) in [6, 6.07) is 19.1. The van der Waals surface area contributed by atoms with E-state index in [0.29, 0.717) is 22.7 Å². The molecular weight excluding hydrogens is 504 g/mol. The van der Waals surface area contributed by atoms with Crippen LogP contribution < -0.4 is 19.7 Å². The molecule has 1 spiro atoms. The van der Waals surface area contributed by atoms with Crippen molar-refractivity contribution >= 4 is 34.4 Å². The average molecular weight is 535 g/mol. The Kier molecular flexibility index (Phi) is 5.12. The van der Waals surface area contributed by atoms with E-state index < -0.39 is 28.8 Å². The molecule has 4 atom stereocenters. The van der Waals surface area contributed by atoms with Gasteiger partial charge in [-0.1, -0.05) is 63.2 Å². The summed E-state index contributed by atoms with van der Waals surface area (Å²) in [5, 5.41) is 3.08. The fourth-order valence-electron chi connectivity index (χ4n) is 7.06. The Labute approximate surface area is 232 Å². The van der Waals surface area contributed by atoms with Gasteiger partial charge in [0.15, 0.2) is 23.1 Å². The topological polar surface area (TPSA) is 84.9 Å². The van der Waals surface area contributed by atoms with Crippen molar-refractivity contribution in [2.45, 2.75) is 45.2 Å². The standard InChI is InChI=1S/C33H30N2O5/c1-18-15-26-33(21-10-6-7-11-22(21)34-31(33)38)27(29(36)19-13-14-24-25(16-19)40-17-39-24)28(30(37)32(2,3)4)35(26)23-12-8-5-9-20(18)23/h5-16,26-28H,17H2,1-4H3,(H,34,38)/t26-,27+,28+,33-/m1/s1. The van der Waals surface area contributed by atoms with Gasteiger partial charge in [0.25, 0.3) is 0 Å². The molecule has 4 aliphatic heterocycles. The largest absolute Gasteiger partial charge is 0.454 e. The monoisotopic (exact) mass is 534 g/mol. The number of hydrogen-bond donors (Lipinski definition) is 1. The Hall–Kier alpha value is -4.39. The van der Waals surface area contributed by atoms with Gasteiger partial charge in [-0.3, -0.25) is 14.4 Å². The molecule has 0 saturated carbocycles. The molecule has 7 nitrogen and oxygen atoms in total. The number of ether oxygens (including phenoxy) is 2. The van der Waals surface area contributed by atoms with Gasteiger partial charge in [0, 0.05) is 27.9 Å². The molecule has 7 rings (SSSR count). The number of carbonyl (C=O) groups is 3. The molecule has 0 aromatic heterocycles. The van der Waals surface area contributed by atoms with Crippen LogP contribution in [0.1, 0.15) is 49.2 Å². The number of carbonyl (C=O) groups excluding carboxylic acids is 3. The van der Waals surface area contributed by atoms with E-state index in [1.807, 2.05) is 81.1 Å². The van der Waals surface area contributed by atoms with Gasteiger partial charge in [-0.15, -0.1) is 0 Å². The number of nitrogens with zero attached hydrogens (tertiary/aromatic N) is 1. The Balaban J connectivity index is 1.54. The van der Waals surface area contributed by atoms with Crippen LogP contribution in [-0.2, 0) is 15.0 Å². The first kappa shape index (κ1) is 24.6. The molecule has 0 aliphatic carbocycles. The quantitative estimate of drug-likeness (QED) is 0.454. The molecule has 0 bridgehead atoms. The minimum atomic E-state index is -1.33. The number of fused-ring (bicyclic) bond motifs is 7. The highest BCUT2D eigenvalue weighted by molar-refractivity contribution is 6.17. The number of hydrogen-bond acceptors (Lipinski definition) is 6. The lowest BCUT2D eigenvalue weighted by atomic mass is 9.63. The molecule has 1 fully saturated rings. The lowest BCUT2D eigenvalue weighted by Crippen LogP contribution is -2.51. The van der Waals surface area contributed by atoms with Crippen molar-refractivity contribution in [2.24, 2.45) is 11.3 Å². The summed E-state index contributed by atoms with van der Waals surface area (Å²) in [5.74, 6) is -0.585. The third-order valence-corrected chi connectivity index (χ3v) is 8.83. The molecule has 0 unspecified atom stereocenters. The van der Waals surface area contributed by atoms with Crippen molar-refractivity contribution in [1.29, 1.82) is 0 Å². The number of amides is 1. The van der Waals surface area contributed by atoms with Crippen LogP contribution >= 0.6 is 0 Å². The van der Waals surface area contributed by atoms with E-state index >= 15 is 0 Å². The highest BCUT2D eigenvalue weighted by atomic mass is 16.7. The SMILES string of the molecule is CC1=C[C@H]2N(c3ccccc31)[C@H](C(=O)C(C)(C)C)[C@@H](C(=O)c1ccc3c(c1)OCO3)[C@]21C(=O)Nc2ccccc21.